The van der Waals surface area contributed by atoms with Gasteiger partial charge in [-0.05, 0) is 16.7 Å². The second-order valence-corrected chi connectivity index (χ2v) is 10.6. The van der Waals surface area contributed by atoms with Crippen LogP contribution >= 0.6 is 0 Å². The Morgan fingerprint density at radius 3 is 1.62 bits per heavy atom. The summed E-state index contributed by atoms with van der Waals surface area (Å²) in [5.41, 5.74) is -3.59. The van der Waals surface area contributed by atoms with Gasteiger partial charge in [-0.3, -0.25) is 4.18 Å². The summed E-state index contributed by atoms with van der Waals surface area (Å²) < 4.78 is 92.2. The molecule has 5 unspecified atom stereocenters. The number of hydrogen-bond acceptors (Lipinski definition) is 8. The van der Waals surface area contributed by atoms with Crippen LogP contribution in [0.15, 0.2) is 91.0 Å². The van der Waals surface area contributed by atoms with Gasteiger partial charge in [0, 0.05) is 0 Å². The fourth-order valence-electron chi connectivity index (χ4n) is 4.11. The molecule has 0 saturated carbocycles. The van der Waals surface area contributed by atoms with Gasteiger partial charge < -0.3 is 24.1 Å². The van der Waals surface area contributed by atoms with Gasteiger partial charge in [0.15, 0.2) is 6.29 Å². The van der Waals surface area contributed by atoms with Gasteiger partial charge in [-0.25, -0.2) is 0 Å². The van der Waals surface area contributed by atoms with Gasteiger partial charge in [0.25, 0.3) is 0 Å². The van der Waals surface area contributed by atoms with Crippen LogP contribution in [0.25, 0.3) is 0 Å². The Labute approximate surface area is 230 Å². The average molecular weight is 583 g/mol. The first-order valence-corrected chi connectivity index (χ1v) is 13.8. The molecule has 0 aliphatic carbocycles. The molecule has 0 amide bonds. The summed E-state index contributed by atoms with van der Waals surface area (Å²) in [6.07, 6.45) is -7.90. The normalized spacial score (nSPS) is 23.6. The highest BCUT2D eigenvalue weighted by molar-refractivity contribution is 7.87. The minimum atomic E-state index is -6.08. The molecule has 3 aromatic rings. The number of benzene rings is 3. The minimum absolute atomic E-state index is 0.0546. The first-order chi connectivity index (χ1) is 19.1. The molecule has 1 aliphatic heterocycles. The molecule has 12 heteroatoms. The summed E-state index contributed by atoms with van der Waals surface area (Å²) >= 11 is 0. The zero-order chi connectivity index (χ0) is 28.6. The molecule has 3 aromatic carbocycles. The summed E-state index contributed by atoms with van der Waals surface area (Å²) in [5.74, 6) is 0. The van der Waals surface area contributed by atoms with Crippen molar-refractivity contribution in [2.45, 2.75) is 56.0 Å². The van der Waals surface area contributed by atoms with Gasteiger partial charge in [0.1, 0.15) is 24.4 Å². The fourth-order valence-corrected chi connectivity index (χ4v) is 4.75. The molecule has 1 fully saturated rings. The summed E-state index contributed by atoms with van der Waals surface area (Å²) in [7, 11) is -6.08. The molecule has 216 valence electrons. The van der Waals surface area contributed by atoms with Crippen LogP contribution < -0.4 is 0 Å². The highest BCUT2D eigenvalue weighted by Gasteiger charge is 2.55. The standard InChI is InChI=1S/C28H29F3O8S/c29-28(30,31)40(33,34)39-24-23(19-35-16-20-10-4-1-5-11-20)38-27(32)26(37-18-22-14-8-3-9-15-22)25(24)36-17-21-12-6-2-7-13-21/h1-15,23-27,32H,16-19H2. The molecule has 4 rings (SSSR count). The Hall–Kier alpha value is -2.84. The van der Waals surface area contributed by atoms with Crippen LogP contribution in [0, 0.1) is 0 Å². The first-order valence-electron chi connectivity index (χ1n) is 12.4. The molecule has 40 heavy (non-hydrogen) atoms. The van der Waals surface area contributed by atoms with Crippen LogP contribution in [0.5, 0.6) is 0 Å². The Morgan fingerprint density at radius 2 is 1.15 bits per heavy atom. The third-order valence-corrected chi connectivity index (χ3v) is 7.14. The molecule has 1 aliphatic rings. The van der Waals surface area contributed by atoms with Gasteiger partial charge in [-0.1, -0.05) is 91.0 Å². The zero-order valence-corrected chi connectivity index (χ0v) is 22.0. The average Bonchev–Trinajstić information content (AvgIpc) is 2.94. The van der Waals surface area contributed by atoms with E-state index in [1.165, 1.54) is 0 Å². The highest BCUT2D eigenvalue weighted by atomic mass is 32.2. The SMILES string of the molecule is O=S(=O)(OC1C(COCc2ccccc2)OC(O)C(OCc2ccccc2)C1OCc1ccccc1)C(F)(F)F. The van der Waals surface area contributed by atoms with Crippen LogP contribution in [-0.2, 0) is 53.1 Å². The largest absolute Gasteiger partial charge is 0.523 e. The molecule has 1 saturated heterocycles. The Bertz CT molecular complexity index is 1280. The maximum absolute atomic E-state index is 13.4. The summed E-state index contributed by atoms with van der Waals surface area (Å²) in [5, 5.41) is 10.9. The van der Waals surface area contributed by atoms with Crippen molar-refractivity contribution in [1.82, 2.24) is 0 Å². The van der Waals surface area contributed by atoms with E-state index in [0.717, 1.165) is 5.56 Å². The van der Waals surface area contributed by atoms with Gasteiger partial charge in [-0.2, -0.15) is 21.6 Å². The smallest absolute Gasteiger partial charge is 0.374 e. The molecule has 1 N–H and O–H groups in total. The molecule has 0 aromatic heterocycles. The summed E-state index contributed by atoms with van der Waals surface area (Å²) in [6, 6.07) is 26.4. The maximum atomic E-state index is 13.4. The number of aliphatic hydroxyl groups excluding tert-OH is 1. The number of aliphatic hydroxyl groups is 1. The Morgan fingerprint density at radius 1 is 0.700 bits per heavy atom. The van der Waals surface area contributed by atoms with E-state index in [1.807, 2.05) is 0 Å². The van der Waals surface area contributed by atoms with Gasteiger partial charge in [0.05, 0.1) is 26.4 Å². The number of halogens is 3. The lowest BCUT2D eigenvalue weighted by Crippen LogP contribution is -2.62. The fraction of sp³-hybridized carbons (Fsp3) is 0.357. The molecule has 0 spiro atoms. The third kappa shape index (κ3) is 8.10. The highest BCUT2D eigenvalue weighted by Crippen LogP contribution is 2.34. The second kappa shape index (κ2) is 13.7. The number of alkyl halides is 3. The monoisotopic (exact) mass is 582 g/mol. The third-order valence-electron chi connectivity index (χ3n) is 6.09. The van der Waals surface area contributed by atoms with Crippen LogP contribution in [-0.4, -0.2) is 56.3 Å². The minimum Gasteiger partial charge on any atom is -0.374 e. The van der Waals surface area contributed by atoms with Gasteiger partial charge >= 0.3 is 15.6 Å². The van der Waals surface area contributed by atoms with Crippen molar-refractivity contribution in [3.05, 3.63) is 108 Å². The van der Waals surface area contributed by atoms with E-state index in [1.54, 1.807) is 91.0 Å². The first kappa shape index (κ1) is 30.1. The van der Waals surface area contributed by atoms with E-state index in [-0.39, 0.29) is 19.8 Å². The predicted octanol–water partition coefficient (Wildman–Crippen LogP) is 4.33. The van der Waals surface area contributed by atoms with Gasteiger partial charge in [-0.15, -0.1) is 0 Å². The Balaban J connectivity index is 1.61. The molecule has 1 heterocycles. The van der Waals surface area contributed by atoms with E-state index < -0.39 is 52.9 Å². The van der Waals surface area contributed by atoms with Crippen LogP contribution in [0.2, 0.25) is 0 Å². The van der Waals surface area contributed by atoms with Crippen molar-refractivity contribution in [3.63, 3.8) is 0 Å². The van der Waals surface area contributed by atoms with Crippen molar-refractivity contribution in [2.75, 3.05) is 6.61 Å². The number of ether oxygens (including phenoxy) is 4. The lowest BCUT2D eigenvalue weighted by molar-refractivity contribution is -0.305. The maximum Gasteiger partial charge on any atom is 0.523 e. The van der Waals surface area contributed by atoms with Crippen molar-refractivity contribution in [2.24, 2.45) is 0 Å². The van der Waals surface area contributed by atoms with Crippen LogP contribution in [0.1, 0.15) is 16.7 Å². The van der Waals surface area contributed by atoms with E-state index in [0.29, 0.717) is 11.1 Å². The quantitative estimate of drug-likeness (QED) is 0.249. The van der Waals surface area contributed by atoms with Crippen molar-refractivity contribution >= 4 is 10.1 Å². The number of rotatable bonds is 12. The lowest BCUT2D eigenvalue weighted by Gasteiger charge is -2.43. The van der Waals surface area contributed by atoms with Crippen molar-refractivity contribution < 1.29 is 49.8 Å². The second-order valence-electron chi connectivity index (χ2n) is 9.05. The predicted molar refractivity (Wildman–Crippen MR) is 137 cm³/mol. The van der Waals surface area contributed by atoms with E-state index in [9.17, 15) is 26.7 Å². The molecule has 5 atom stereocenters. The van der Waals surface area contributed by atoms with Crippen LogP contribution in [0.3, 0.4) is 0 Å². The van der Waals surface area contributed by atoms with Crippen molar-refractivity contribution in [1.29, 1.82) is 0 Å². The Kier molecular flexibility index (Phi) is 10.3. The van der Waals surface area contributed by atoms with Crippen molar-refractivity contribution in [3.8, 4) is 0 Å². The van der Waals surface area contributed by atoms with Crippen LogP contribution in [0.4, 0.5) is 13.2 Å². The molecule has 0 radical (unpaired) electrons. The van der Waals surface area contributed by atoms with E-state index >= 15 is 0 Å². The van der Waals surface area contributed by atoms with E-state index in [4.69, 9.17) is 23.1 Å². The molecule has 0 bridgehead atoms. The van der Waals surface area contributed by atoms with Gasteiger partial charge in [0.2, 0.25) is 0 Å². The number of hydrogen-bond donors (Lipinski definition) is 1. The zero-order valence-electron chi connectivity index (χ0n) is 21.2. The molecular weight excluding hydrogens is 553 g/mol. The summed E-state index contributed by atoms with van der Waals surface area (Å²) in [6.45, 7) is -0.544. The molecule has 8 nitrogen and oxygen atoms in total. The lowest BCUT2D eigenvalue weighted by atomic mass is 9.98. The molecular formula is C28H29F3O8S. The summed E-state index contributed by atoms with van der Waals surface area (Å²) in [4.78, 5) is 0. The topological polar surface area (TPSA) is 101 Å². The van der Waals surface area contributed by atoms with E-state index in [2.05, 4.69) is 0 Å².